The monoisotopic (exact) mass is 407 g/mol. The smallest absolute Gasteiger partial charge is 0.406 e. The number of hydrogen-bond acceptors (Lipinski definition) is 5. The lowest BCUT2D eigenvalue weighted by molar-refractivity contribution is -0.274. The van der Waals surface area contributed by atoms with Gasteiger partial charge in [-0.1, -0.05) is 12.1 Å². The SMILES string of the molecule is Cc1ccc(C)c(NC(=O)c2csc(Nc3ccc(OC(F)(F)F)cc3)n2)c1. The van der Waals surface area contributed by atoms with E-state index in [4.69, 9.17) is 0 Å². The van der Waals surface area contributed by atoms with Crippen LogP contribution in [0.2, 0.25) is 0 Å². The molecule has 2 N–H and O–H groups in total. The Labute approximate surface area is 163 Å². The molecular formula is C19H16F3N3O2S. The maximum absolute atomic E-state index is 12.4. The highest BCUT2D eigenvalue weighted by atomic mass is 32.1. The van der Waals surface area contributed by atoms with Gasteiger partial charge in [0.2, 0.25) is 0 Å². The van der Waals surface area contributed by atoms with Gasteiger partial charge < -0.3 is 15.4 Å². The molecule has 3 rings (SSSR count). The molecule has 0 saturated heterocycles. The molecule has 1 aromatic heterocycles. The Bertz CT molecular complexity index is 985. The van der Waals surface area contributed by atoms with E-state index in [9.17, 15) is 18.0 Å². The molecule has 0 atom stereocenters. The number of halogens is 3. The van der Waals surface area contributed by atoms with Crippen molar-refractivity contribution in [1.82, 2.24) is 4.98 Å². The average molecular weight is 407 g/mol. The molecule has 5 nitrogen and oxygen atoms in total. The Hall–Kier alpha value is -3.07. The fourth-order valence-corrected chi connectivity index (χ4v) is 3.07. The predicted octanol–water partition coefficient (Wildman–Crippen LogP) is 5.65. The maximum Gasteiger partial charge on any atom is 0.573 e. The molecule has 0 radical (unpaired) electrons. The molecule has 0 spiro atoms. The van der Waals surface area contributed by atoms with Crippen molar-refractivity contribution in [3.63, 3.8) is 0 Å². The third kappa shape index (κ3) is 5.23. The first-order valence-corrected chi connectivity index (χ1v) is 9.04. The van der Waals surface area contributed by atoms with Crippen LogP contribution in [0.5, 0.6) is 5.75 Å². The topological polar surface area (TPSA) is 63.2 Å². The van der Waals surface area contributed by atoms with E-state index in [1.165, 1.54) is 35.6 Å². The first-order chi connectivity index (χ1) is 13.2. The molecule has 28 heavy (non-hydrogen) atoms. The van der Waals surface area contributed by atoms with E-state index < -0.39 is 6.36 Å². The van der Waals surface area contributed by atoms with Crippen molar-refractivity contribution in [2.45, 2.75) is 20.2 Å². The minimum atomic E-state index is -4.73. The number of aromatic nitrogens is 1. The van der Waals surface area contributed by atoms with Crippen LogP contribution in [-0.2, 0) is 0 Å². The van der Waals surface area contributed by atoms with E-state index in [2.05, 4.69) is 20.4 Å². The van der Waals surface area contributed by atoms with Gasteiger partial charge in [0.1, 0.15) is 11.4 Å². The zero-order valence-corrected chi connectivity index (χ0v) is 15.7. The summed E-state index contributed by atoms with van der Waals surface area (Å²) in [6.45, 7) is 3.83. The highest BCUT2D eigenvalue weighted by molar-refractivity contribution is 7.14. The molecule has 146 valence electrons. The van der Waals surface area contributed by atoms with Gasteiger partial charge in [-0.3, -0.25) is 4.79 Å². The number of alkyl halides is 3. The number of carbonyl (C=O) groups is 1. The van der Waals surface area contributed by atoms with Gasteiger partial charge in [0.15, 0.2) is 5.13 Å². The molecule has 0 aliphatic carbocycles. The van der Waals surface area contributed by atoms with E-state index in [-0.39, 0.29) is 17.4 Å². The zero-order chi connectivity index (χ0) is 20.3. The van der Waals surface area contributed by atoms with Crippen molar-refractivity contribution in [2.24, 2.45) is 0 Å². The molecule has 0 unspecified atom stereocenters. The van der Waals surface area contributed by atoms with Crippen LogP contribution in [0.15, 0.2) is 47.8 Å². The van der Waals surface area contributed by atoms with Gasteiger partial charge in [-0.25, -0.2) is 4.98 Å². The summed E-state index contributed by atoms with van der Waals surface area (Å²) in [5.74, 6) is -0.655. The van der Waals surface area contributed by atoms with Gasteiger partial charge in [-0.05, 0) is 55.3 Å². The van der Waals surface area contributed by atoms with E-state index >= 15 is 0 Å². The molecule has 0 bridgehead atoms. The van der Waals surface area contributed by atoms with Gasteiger partial charge in [-0.15, -0.1) is 24.5 Å². The molecule has 9 heteroatoms. The second-order valence-electron chi connectivity index (χ2n) is 6.01. The number of amides is 1. The van der Waals surface area contributed by atoms with Gasteiger partial charge >= 0.3 is 6.36 Å². The highest BCUT2D eigenvalue weighted by Gasteiger charge is 2.30. The summed E-state index contributed by atoms with van der Waals surface area (Å²) < 4.78 is 40.4. The number of ether oxygens (including phenoxy) is 1. The number of aryl methyl sites for hydroxylation is 2. The van der Waals surface area contributed by atoms with Crippen LogP contribution in [0.3, 0.4) is 0 Å². The number of rotatable bonds is 5. The molecule has 0 aliphatic rings. The number of hydrogen-bond donors (Lipinski definition) is 2. The second-order valence-corrected chi connectivity index (χ2v) is 6.87. The zero-order valence-electron chi connectivity index (χ0n) is 14.9. The molecule has 0 fully saturated rings. The number of thiazole rings is 1. The van der Waals surface area contributed by atoms with Crippen molar-refractivity contribution in [3.8, 4) is 5.75 Å². The van der Waals surface area contributed by atoms with Crippen LogP contribution in [0.1, 0.15) is 21.6 Å². The summed E-state index contributed by atoms with van der Waals surface area (Å²) in [5.41, 5.74) is 3.44. The molecule has 2 aromatic carbocycles. The van der Waals surface area contributed by atoms with Crippen molar-refractivity contribution < 1.29 is 22.7 Å². The van der Waals surface area contributed by atoms with E-state index in [0.717, 1.165) is 11.1 Å². The first-order valence-electron chi connectivity index (χ1n) is 8.16. The van der Waals surface area contributed by atoms with Gasteiger partial charge in [0.25, 0.3) is 5.91 Å². The van der Waals surface area contributed by atoms with Crippen LogP contribution in [0.4, 0.5) is 29.7 Å². The minimum Gasteiger partial charge on any atom is -0.406 e. The van der Waals surface area contributed by atoms with Crippen LogP contribution < -0.4 is 15.4 Å². The molecular weight excluding hydrogens is 391 g/mol. The lowest BCUT2D eigenvalue weighted by atomic mass is 10.1. The van der Waals surface area contributed by atoms with Gasteiger partial charge in [0, 0.05) is 16.8 Å². The number of nitrogens with one attached hydrogen (secondary N) is 2. The van der Waals surface area contributed by atoms with E-state index in [0.29, 0.717) is 16.5 Å². The average Bonchev–Trinajstić information content (AvgIpc) is 3.07. The summed E-state index contributed by atoms with van der Waals surface area (Å²) in [7, 11) is 0. The van der Waals surface area contributed by atoms with E-state index in [1.807, 2.05) is 32.0 Å². The van der Waals surface area contributed by atoms with Crippen molar-refractivity contribution >= 4 is 33.8 Å². The number of carbonyl (C=O) groups excluding carboxylic acids is 1. The Balaban J connectivity index is 1.65. The lowest BCUT2D eigenvalue weighted by Gasteiger charge is -2.09. The molecule has 0 saturated carbocycles. The second kappa shape index (κ2) is 7.89. The van der Waals surface area contributed by atoms with Crippen LogP contribution in [0, 0.1) is 13.8 Å². The third-order valence-corrected chi connectivity index (χ3v) is 4.47. The Kier molecular flexibility index (Phi) is 5.55. The van der Waals surface area contributed by atoms with E-state index in [1.54, 1.807) is 5.38 Å². The Morgan fingerprint density at radius 1 is 1.11 bits per heavy atom. The normalized spacial score (nSPS) is 11.2. The minimum absolute atomic E-state index is 0.241. The highest BCUT2D eigenvalue weighted by Crippen LogP contribution is 2.26. The first kappa shape index (κ1) is 19.7. The van der Waals surface area contributed by atoms with Gasteiger partial charge in [-0.2, -0.15) is 0 Å². The summed E-state index contributed by atoms with van der Waals surface area (Å²) in [5, 5.41) is 7.81. The van der Waals surface area contributed by atoms with Crippen LogP contribution in [-0.4, -0.2) is 17.3 Å². The summed E-state index contributed by atoms with van der Waals surface area (Å²) in [6, 6.07) is 11.0. The number of benzene rings is 2. The Morgan fingerprint density at radius 2 is 1.82 bits per heavy atom. The molecule has 3 aromatic rings. The van der Waals surface area contributed by atoms with Gasteiger partial charge in [0.05, 0.1) is 0 Å². The van der Waals surface area contributed by atoms with Crippen molar-refractivity contribution in [1.29, 1.82) is 0 Å². The molecule has 0 aliphatic heterocycles. The summed E-state index contributed by atoms with van der Waals surface area (Å²) in [6.07, 6.45) is -4.73. The maximum atomic E-state index is 12.4. The lowest BCUT2D eigenvalue weighted by Crippen LogP contribution is -2.16. The summed E-state index contributed by atoms with van der Waals surface area (Å²) >= 11 is 1.21. The molecule has 1 amide bonds. The quantitative estimate of drug-likeness (QED) is 0.573. The standard InChI is InChI=1S/C19H16F3N3O2S/c1-11-3-4-12(2)15(9-11)24-17(26)16-10-28-18(25-16)23-13-5-7-14(8-6-13)27-19(20,21)22/h3-10H,1-2H3,(H,23,25)(H,24,26). The van der Waals surface area contributed by atoms with Crippen molar-refractivity contribution in [2.75, 3.05) is 10.6 Å². The number of nitrogens with zero attached hydrogens (tertiary/aromatic N) is 1. The largest absolute Gasteiger partial charge is 0.573 e. The molecule has 1 heterocycles. The summed E-state index contributed by atoms with van der Waals surface area (Å²) in [4.78, 5) is 16.6. The van der Waals surface area contributed by atoms with Crippen molar-refractivity contribution in [3.05, 3.63) is 64.7 Å². The fraction of sp³-hybridized carbons (Fsp3) is 0.158. The third-order valence-electron chi connectivity index (χ3n) is 3.72. The predicted molar refractivity (Wildman–Crippen MR) is 102 cm³/mol. The van der Waals surface area contributed by atoms with Crippen LogP contribution >= 0.6 is 11.3 Å². The fourth-order valence-electron chi connectivity index (χ4n) is 2.36. The Morgan fingerprint density at radius 3 is 2.50 bits per heavy atom. The van der Waals surface area contributed by atoms with Crippen LogP contribution in [0.25, 0.3) is 0 Å². The number of anilines is 3.